The summed E-state index contributed by atoms with van der Waals surface area (Å²) in [4.78, 5) is 7.78. The first-order valence-electron chi connectivity index (χ1n) is 4.88. The van der Waals surface area contributed by atoms with E-state index in [4.69, 9.17) is 0 Å². The van der Waals surface area contributed by atoms with Crippen molar-refractivity contribution < 1.29 is 9.50 Å². The average Bonchev–Trinajstić information content (AvgIpc) is 2.29. The van der Waals surface area contributed by atoms with Crippen LogP contribution in [0.25, 0.3) is 0 Å². The van der Waals surface area contributed by atoms with Crippen molar-refractivity contribution >= 4 is 0 Å². The number of aryl methyl sites for hydroxylation is 1. The zero-order valence-corrected chi connectivity index (χ0v) is 8.76. The summed E-state index contributed by atoms with van der Waals surface area (Å²) in [5, 5.41) is 10.0. The van der Waals surface area contributed by atoms with Gasteiger partial charge in [0, 0.05) is 18.0 Å². The zero-order valence-electron chi connectivity index (χ0n) is 8.76. The molecule has 0 aliphatic carbocycles. The third kappa shape index (κ3) is 2.06. The largest absolute Gasteiger partial charge is 0.382 e. The molecule has 0 spiro atoms. The first-order chi connectivity index (χ1) is 7.68. The van der Waals surface area contributed by atoms with Crippen molar-refractivity contribution in [2.24, 2.45) is 0 Å². The predicted molar refractivity (Wildman–Crippen MR) is 57.2 cm³/mol. The Labute approximate surface area is 92.6 Å². The highest BCUT2D eigenvalue weighted by atomic mass is 19.1. The van der Waals surface area contributed by atoms with Gasteiger partial charge in [-0.3, -0.25) is 9.97 Å². The number of rotatable bonds is 2. The Morgan fingerprint density at radius 2 is 2.19 bits per heavy atom. The first kappa shape index (κ1) is 10.7. The van der Waals surface area contributed by atoms with E-state index in [-0.39, 0.29) is 0 Å². The molecule has 2 heterocycles. The van der Waals surface area contributed by atoms with Gasteiger partial charge in [-0.05, 0) is 24.6 Å². The van der Waals surface area contributed by atoms with Crippen LogP contribution < -0.4 is 0 Å². The summed E-state index contributed by atoms with van der Waals surface area (Å²) in [7, 11) is 0. The highest BCUT2D eigenvalue weighted by Gasteiger charge is 2.14. The molecule has 0 aliphatic rings. The summed E-state index contributed by atoms with van der Waals surface area (Å²) in [6, 6.07) is 4.89. The standard InChI is InChI=1S/C12H11FN2O/c1-8-3-2-4-15-11(8)12(16)9-5-10(13)7-14-6-9/h2-7,12,16H,1H3. The zero-order chi connectivity index (χ0) is 11.5. The minimum Gasteiger partial charge on any atom is -0.382 e. The molecule has 0 fully saturated rings. The maximum Gasteiger partial charge on any atom is 0.141 e. The monoisotopic (exact) mass is 218 g/mol. The van der Waals surface area contributed by atoms with Crippen LogP contribution in [0.3, 0.4) is 0 Å². The topological polar surface area (TPSA) is 46.0 Å². The van der Waals surface area contributed by atoms with E-state index < -0.39 is 11.9 Å². The molecule has 0 saturated carbocycles. The van der Waals surface area contributed by atoms with E-state index in [9.17, 15) is 9.50 Å². The van der Waals surface area contributed by atoms with Crippen LogP contribution in [0.1, 0.15) is 22.9 Å². The van der Waals surface area contributed by atoms with E-state index in [0.29, 0.717) is 11.3 Å². The maximum atomic E-state index is 12.9. The number of hydrogen-bond donors (Lipinski definition) is 1. The minimum atomic E-state index is -0.940. The molecule has 0 bridgehead atoms. The highest BCUT2D eigenvalue weighted by Crippen LogP contribution is 2.22. The molecule has 82 valence electrons. The van der Waals surface area contributed by atoms with Crippen molar-refractivity contribution in [3.63, 3.8) is 0 Å². The summed E-state index contributed by atoms with van der Waals surface area (Å²) in [5.74, 6) is -0.467. The van der Waals surface area contributed by atoms with Gasteiger partial charge in [0.2, 0.25) is 0 Å². The second-order valence-corrected chi connectivity index (χ2v) is 3.54. The van der Waals surface area contributed by atoms with Crippen LogP contribution in [-0.2, 0) is 0 Å². The fourth-order valence-corrected chi connectivity index (χ4v) is 1.52. The van der Waals surface area contributed by atoms with Crippen LogP contribution in [0.15, 0.2) is 36.8 Å². The summed E-state index contributed by atoms with van der Waals surface area (Å²) in [6.45, 7) is 1.85. The van der Waals surface area contributed by atoms with Gasteiger partial charge in [0.25, 0.3) is 0 Å². The van der Waals surface area contributed by atoms with Crippen LogP contribution in [-0.4, -0.2) is 15.1 Å². The Bertz CT molecular complexity index is 502. The lowest BCUT2D eigenvalue weighted by Gasteiger charge is -2.12. The van der Waals surface area contributed by atoms with E-state index in [1.807, 2.05) is 13.0 Å². The molecule has 1 unspecified atom stereocenters. The summed E-state index contributed by atoms with van der Waals surface area (Å²) >= 11 is 0. The highest BCUT2D eigenvalue weighted by molar-refractivity contribution is 5.28. The Kier molecular flexibility index (Phi) is 2.92. The van der Waals surface area contributed by atoms with Gasteiger partial charge in [-0.15, -0.1) is 0 Å². The molecule has 0 amide bonds. The van der Waals surface area contributed by atoms with Gasteiger partial charge in [-0.1, -0.05) is 6.07 Å². The second-order valence-electron chi connectivity index (χ2n) is 3.54. The normalized spacial score (nSPS) is 12.4. The molecule has 1 atom stereocenters. The fourth-order valence-electron chi connectivity index (χ4n) is 1.52. The van der Waals surface area contributed by atoms with E-state index in [1.165, 1.54) is 12.3 Å². The molecule has 2 rings (SSSR count). The summed E-state index contributed by atoms with van der Waals surface area (Å²) in [6.07, 6.45) is 3.19. The number of pyridine rings is 2. The molecule has 16 heavy (non-hydrogen) atoms. The summed E-state index contributed by atoms with van der Waals surface area (Å²) < 4.78 is 12.9. The first-order valence-corrected chi connectivity index (χ1v) is 4.88. The third-order valence-corrected chi connectivity index (χ3v) is 2.35. The van der Waals surface area contributed by atoms with Crippen LogP contribution in [0.2, 0.25) is 0 Å². The molecule has 0 radical (unpaired) electrons. The Morgan fingerprint density at radius 1 is 1.38 bits per heavy atom. The van der Waals surface area contributed by atoms with Gasteiger partial charge in [0.05, 0.1) is 11.9 Å². The van der Waals surface area contributed by atoms with Gasteiger partial charge >= 0.3 is 0 Å². The Hall–Kier alpha value is -1.81. The quantitative estimate of drug-likeness (QED) is 0.838. The second kappa shape index (κ2) is 4.37. The molecule has 2 aromatic heterocycles. The van der Waals surface area contributed by atoms with Crippen LogP contribution in [0.5, 0.6) is 0 Å². The van der Waals surface area contributed by atoms with Crippen molar-refractivity contribution in [3.8, 4) is 0 Å². The van der Waals surface area contributed by atoms with Crippen LogP contribution >= 0.6 is 0 Å². The van der Waals surface area contributed by atoms with E-state index in [1.54, 1.807) is 12.3 Å². The van der Waals surface area contributed by atoms with Gasteiger partial charge in [0.1, 0.15) is 11.9 Å². The Balaban J connectivity index is 2.39. The number of halogens is 1. The molecule has 2 aromatic rings. The molecule has 1 N–H and O–H groups in total. The molecular weight excluding hydrogens is 207 g/mol. The van der Waals surface area contributed by atoms with Gasteiger partial charge in [-0.2, -0.15) is 0 Å². The molecule has 3 nitrogen and oxygen atoms in total. The molecule has 0 aliphatic heterocycles. The number of hydrogen-bond acceptors (Lipinski definition) is 3. The fraction of sp³-hybridized carbons (Fsp3) is 0.167. The average molecular weight is 218 g/mol. The SMILES string of the molecule is Cc1cccnc1C(O)c1cncc(F)c1. The smallest absolute Gasteiger partial charge is 0.141 e. The number of nitrogens with zero attached hydrogens (tertiary/aromatic N) is 2. The molecule has 4 heteroatoms. The van der Waals surface area contributed by atoms with Gasteiger partial charge in [-0.25, -0.2) is 4.39 Å². The van der Waals surface area contributed by atoms with Crippen molar-refractivity contribution in [1.82, 2.24) is 9.97 Å². The molecule has 0 saturated heterocycles. The van der Waals surface area contributed by atoms with Crippen molar-refractivity contribution in [2.45, 2.75) is 13.0 Å². The van der Waals surface area contributed by atoms with Crippen LogP contribution in [0, 0.1) is 12.7 Å². The molecular formula is C12H11FN2O. The van der Waals surface area contributed by atoms with Crippen molar-refractivity contribution in [3.05, 3.63) is 59.4 Å². The van der Waals surface area contributed by atoms with Crippen LogP contribution in [0.4, 0.5) is 4.39 Å². The maximum absolute atomic E-state index is 12.9. The minimum absolute atomic E-state index is 0.404. The lowest BCUT2D eigenvalue weighted by atomic mass is 10.0. The van der Waals surface area contributed by atoms with E-state index in [0.717, 1.165) is 11.8 Å². The third-order valence-electron chi connectivity index (χ3n) is 2.35. The summed E-state index contributed by atoms with van der Waals surface area (Å²) in [5.41, 5.74) is 1.79. The van der Waals surface area contributed by atoms with Gasteiger partial charge < -0.3 is 5.11 Å². The van der Waals surface area contributed by atoms with E-state index in [2.05, 4.69) is 9.97 Å². The van der Waals surface area contributed by atoms with E-state index >= 15 is 0 Å². The number of aliphatic hydroxyl groups excluding tert-OH is 1. The van der Waals surface area contributed by atoms with Crippen molar-refractivity contribution in [2.75, 3.05) is 0 Å². The molecule has 0 aromatic carbocycles. The Morgan fingerprint density at radius 3 is 2.88 bits per heavy atom. The lowest BCUT2D eigenvalue weighted by Crippen LogP contribution is -2.05. The van der Waals surface area contributed by atoms with Gasteiger partial charge in [0.15, 0.2) is 0 Å². The lowest BCUT2D eigenvalue weighted by molar-refractivity contribution is 0.213. The predicted octanol–water partition coefficient (Wildman–Crippen LogP) is 2.01. The van der Waals surface area contributed by atoms with Crippen molar-refractivity contribution in [1.29, 1.82) is 0 Å². The number of aromatic nitrogens is 2. The number of aliphatic hydroxyl groups is 1.